The van der Waals surface area contributed by atoms with Crippen LogP contribution in [0, 0.1) is 19.8 Å². The third-order valence-electron chi connectivity index (χ3n) is 3.12. The quantitative estimate of drug-likeness (QED) is 0.751. The summed E-state index contributed by atoms with van der Waals surface area (Å²) >= 11 is 0. The molecule has 0 unspecified atom stereocenters. The molecular formula is C16H26N2O2. The number of nitrogens with two attached hydrogens (primary N) is 1. The monoisotopic (exact) mass is 278 g/mol. The Balaban J connectivity index is 2.33. The summed E-state index contributed by atoms with van der Waals surface area (Å²) in [4.78, 5) is 11.7. The minimum Gasteiger partial charge on any atom is -0.491 e. The molecule has 0 aliphatic heterocycles. The highest BCUT2D eigenvalue weighted by atomic mass is 16.5. The van der Waals surface area contributed by atoms with Crippen molar-refractivity contribution in [3.63, 3.8) is 0 Å². The maximum Gasteiger partial charge on any atom is 0.237 e. The van der Waals surface area contributed by atoms with Gasteiger partial charge in [0.2, 0.25) is 5.91 Å². The molecule has 112 valence electrons. The average Bonchev–Trinajstić information content (AvgIpc) is 2.36. The van der Waals surface area contributed by atoms with E-state index in [1.807, 2.05) is 32.0 Å². The lowest BCUT2D eigenvalue weighted by Gasteiger charge is -2.15. The fourth-order valence-electron chi connectivity index (χ4n) is 2.10. The normalized spacial score (nSPS) is 12.3. The molecule has 20 heavy (non-hydrogen) atoms. The minimum absolute atomic E-state index is 0.108. The van der Waals surface area contributed by atoms with E-state index in [0.717, 1.165) is 16.9 Å². The van der Waals surface area contributed by atoms with Crippen LogP contribution in [-0.2, 0) is 4.79 Å². The summed E-state index contributed by atoms with van der Waals surface area (Å²) in [5, 5.41) is 2.81. The SMILES string of the molecule is Cc1cccc(C)c1OCCNC(=O)[C@@H](N)CC(C)C. The van der Waals surface area contributed by atoms with E-state index < -0.39 is 6.04 Å². The van der Waals surface area contributed by atoms with Gasteiger partial charge in [0.1, 0.15) is 12.4 Å². The van der Waals surface area contributed by atoms with Crippen molar-refractivity contribution in [3.8, 4) is 5.75 Å². The Bertz CT molecular complexity index is 424. The molecule has 0 fully saturated rings. The Labute approximate surface area is 121 Å². The molecule has 0 saturated heterocycles. The van der Waals surface area contributed by atoms with Crippen molar-refractivity contribution in [2.45, 2.75) is 40.2 Å². The lowest BCUT2D eigenvalue weighted by molar-refractivity contribution is -0.122. The summed E-state index contributed by atoms with van der Waals surface area (Å²) in [6.45, 7) is 9.05. The van der Waals surface area contributed by atoms with Crippen LogP contribution < -0.4 is 15.8 Å². The van der Waals surface area contributed by atoms with Gasteiger partial charge in [-0.25, -0.2) is 0 Å². The standard InChI is InChI=1S/C16H26N2O2/c1-11(2)10-14(17)16(19)18-8-9-20-15-12(3)6-5-7-13(15)4/h5-7,11,14H,8-10,17H2,1-4H3,(H,18,19)/t14-/m0/s1. The van der Waals surface area contributed by atoms with E-state index in [4.69, 9.17) is 10.5 Å². The van der Waals surface area contributed by atoms with Crippen molar-refractivity contribution >= 4 is 5.91 Å². The molecular weight excluding hydrogens is 252 g/mol. The van der Waals surface area contributed by atoms with E-state index in [1.54, 1.807) is 0 Å². The number of ether oxygens (including phenoxy) is 1. The van der Waals surface area contributed by atoms with Gasteiger partial charge in [-0.3, -0.25) is 4.79 Å². The number of hydrogen-bond donors (Lipinski definition) is 2. The zero-order valence-electron chi connectivity index (χ0n) is 12.9. The molecule has 0 saturated carbocycles. The van der Waals surface area contributed by atoms with E-state index in [9.17, 15) is 4.79 Å². The van der Waals surface area contributed by atoms with Crippen molar-refractivity contribution in [2.75, 3.05) is 13.2 Å². The van der Waals surface area contributed by atoms with Gasteiger partial charge in [-0.1, -0.05) is 32.0 Å². The number of aryl methyl sites for hydroxylation is 2. The van der Waals surface area contributed by atoms with Gasteiger partial charge in [-0.15, -0.1) is 0 Å². The van der Waals surface area contributed by atoms with Gasteiger partial charge in [0.25, 0.3) is 0 Å². The van der Waals surface area contributed by atoms with E-state index in [1.165, 1.54) is 0 Å². The molecule has 4 heteroatoms. The molecule has 1 amide bonds. The number of carbonyl (C=O) groups excluding carboxylic acids is 1. The van der Waals surface area contributed by atoms with Gasteiger partial charge in [0.15, 0.2) is 0 Å². The van der Waals surface area contributed by atoms with Crippen LogP contribution in [0.1, 0.15) is 31.4 Å². The van der Waals surface area contributed by atoms with Crippen molar-refractivity contribution in [1.82, 2.24) is 5.32 Å². The zero-order chi connectivity index (χ0) is 15.1. The lowest BCUT2D eigenvalue weighted by atomic mass is 10.0. The molecule has 0 radical (unpaired) electrons. The summed E-state index contributed by atoms with van der Waals surface area (Å²) in [7, 11) is 0. The van der Waals surface area contributed by atoms with Crippen LogP contribution in [0.4, 0.5) is 0 Å². The van der Waals surface area contributed by atoms with Crippen molar-refractivity contribution in [1.29, 1.82) is 0 Å². The predicted octanol–water partition coefficient (Wildman–Crippen LogP) is 2.17. The smallest absolute Gasteiger partial charge is 0.237 e. The number of para-hydroxylation sites is 1. The lowest BCUT2D eigenvalue weighted by Crippen LogP contribution is -2.42. The van der Waals surface area contributed by atoms with Crippen LogP contribution >= 0.6 is 0 Å². The molecule has 0 aliphatic rings. The number of amides is 1. The fraction of sp³-hybridized carbons (Fsp3) is 0.562. The summed E-state index contributed by atoms with van der Waals surface area (Å²) in [6.07, 6.45) is 0.698. The predicted molar refractivity (Wildman–Crippen MR) is 81.9 cm³/mol. The van der Waals surface area contributed by atoms with Gasteiger partial charge < -0.3 is 15.8 Å². The van der Waals surface area contributed by atoms with Gasteiger partial charge in [-0.05, 0) is 37.3 Å². The number of rotatable bonds is 7. The first-order valence-electron chi connectivity index (χ1n) is 7.14. The van der Waals surface area contributed by atoms with Crippen molar-refractivity contribution < 1.29 is 9.53 Å². The number of benzene rings is 1. The Morgan fingerprint density at radius 1 is 1.30 bits per heavy atom. The first-order valence-corrected chi connectivity index (χ1v) is 7.14. The molecule has 1 rings (SSSR count). The van der Waals surface area contributed by atoms with Crippen LogP contribution in [0.25, 0.3) is 0 Å². The first kappa shape index (κ1) is 16.5. The van der Waals surface area contributed by atoms with E-state index >= 15 is 0 Å². The summed E-state index contributed by atoms with van der Waals surface area (Å²) in [6, 6.07) is 5.60. The van der Waals surface area contributed by atoms with Crippen LogP contribution in [0.2, 0.25) is 0 Å². The maximum atomic E-state index is 11.7. The topological polar surface area (TPSA) is 64.3 Å². The van der Waals surface area contributed by atoms with E-state index in [-0.39, 0.29) is 5.91 Å². The molecule has 1 atom stereocenters. The number of hydrogen-bond acceptors (Lipinski definition) is 3. The summed E-state index contributed by atoms with van der Waals surface area (Å²) in [5.74, 6) is 1.21. The van der Waals surface area contributed by atoms with Crippen LogP contribution in [-0.4, -0.2) is 25.1 Å². The van der Waals surface area contributed by atoms with Gasteiger partial charge in [0.05, 0.1) is 12.6 Å². The maximum absolute atomic E-state index is 11.7. The molecule has 0 bridgehead atoms. The molecule has 1 aromatic carbocycles. The van der Waals surface area contributed by atoms with Crippen molar-refractivity contribution in [2.24, 2.45) is 11.7 Å². The Morgan fingerprint density at radius 2 is 1.90 bits per heavy atom. The second-order valence-corrected chi connectivity index (χ2v) is 5.60. The number of nitrogens with one attached hydrogen (secondary N) is 1. The summed E-state index contributed by atoms with van der Waals surface area (Å²) in [5.41, 5.74) is 8.02. The van der Waals surface area contributed by atoms with Gasteiger partial charge >= 0.3 is 0 Å². The second kappa shape index (κ2) is 7.90. The highest BCUT2D eigenvalue weighted by molar-refractivity contribution is 5.81. The third-order valence-corrected chi connectivity index (χ3v) is 3.12. The third kappa shape index (κ3) is 5.21. The van der Waals surface area contributed by atoms with E-state index in [0.29, 0.717) is 25.5 Å². The van der Waals surface area contributed by atoms with Crippen molar-refractivity contribution in [3.05, 3.63) is 29.3 Å². The molecule has 1 aromatic rings. The Hall–Kier alpha value is -1.55. The first-order chi connectivity index (χ1) is 9.41. The van der Waals surface area contributed by atoms with Gasteiger partial charge in [-0.2, -0.15) is 0 Å². The van der Waals surface area contributed by atoms with Crippen LogP contribution in [0.15, 0.2) is 18.2 Å². The number of carbonyl (C=O) groups is 1. The Kier molecular flexibility index (Phi) is 6.52. The molecule has 4 nitrogen and oxygen atoms in total. The molecule has 3 N–H and O–H groups in total. The van der Waals surface area contributed by atoms with Crippen LogP contribution in [0.3, 0.4) is 0 Å². The van der Waals surface area contributed by atoms with E-state index in [2.05, 4.69) is 19.2 Å². The molecule has 0 aromatic heterocycles. The average molecular weight is 278 g/mol. The Morgan fingerprint density at radius 3 is 2.45 bits per heavy atom. The molecule has 0 spiro atoms. The molecule has 0 heterocycles. The minimum atomic E-state index is -0.435. The van der Waals surface area contributed by atoms with Gasteiger partial charge in [0, 0.05) is 0 Å². The summed E-state index contributed by atoms with van der Waals surface area (Å²) < 4.78 is 5.72. The molecule has 0 aliphatic carbocycles. The zero-order valence-corrected chi connectivity index (χ0v) is 12.9. The largest absolute Gasteiger partial charge is 0.491 e. The highest BCUT2D eigenvalue weighted by Crippen LogP contribution is 2.21. The second-order valence-electron chi connectivity index (χ2n) is 5.60. The van der Waals surface area contributed by atoms with Crippen LogP contribution in [0.5, 0.6) is 5.75 Å². The highest BCUT2D eigenvalue weighted by Gasteiger charge is 2.14. The fourth-order valence-corrected chi connectivity index (χ4v) is 2.10.